The third-order valence-electron chi connectivity index (χ3n) is 4.53. The van der Waals surface area contributed by atoms with Crippen LogP contribution in [0, 0.1) is 0 Å². The van der Waals surface area contributed by atoms with Crippen molar-refractivity contribution >= 4 is 27.1 Å². The second kappa shape index (κ2) is 4.97. The zero-order valence-electron chi connectivity index (χ0n) is 12.5. The summed E-state index contributed by atoms with van der Waals surface area (Å²) in [6.07, 6.45) is 0. The Hall–Kier alpha value is -2.58. The van der Waals surface area contributed by atoms with E-state index in [9.17, 15) is 0 Å². The minimum atomic E-state index is 0.206. The van der Waals surface area contributed by atoms with E-state index < -0.39 is 0 Å². The highest BCUT2D eigenvalue weighted by molar-refractivity contribution is 7.22. The van der Waals surface area contributed by atoms with Gasteiger partial charge in [0.15, 0.2) is 0 Å². The number of thiophene rings is 1. The maximum absolute atomic E-state index is 3.75. The van der Waals surface area contributed by atoms with Crippen molar-refractivity contribution < 1.29 is 0 Å². The molecule has 1 aliphatic rings. The molecule has 0 fully saturated rings. The van der Waals surface area contributed by atoms with Gasteiger partial charge in [-0.05, 0) is 23.1 Å². The molecule has 3 aromatic carbocycles. The van der Waals surface area contributed by atoms with E-state index in [2.05, 4.69) is 84.2 Å². The van der Waals surface area contributed by atoms with Gasteiger partial charge in [0.05, 0.1) is 6.04 Å². The van der Waals surface area contributed by atoms with Gasteiger partial charge >= 0.3 is 0 Å². The Morgan fingerprint density at radius 3 is 2.39 bits per heavy atom. The molecule has 2 heteroatoms. The summed E-state index contributed by atoms with van der Waals surface area (Å²) in [5, 5.41) is 5.12. The molecule has 0 aliphatic carbocycles. The summed E-state index contributed by atoms with van der Waals surface area (Å²) in [6, 6.07) is 28.3. The number of fused-ring (bicyclic) bond motifs is 5. The van der Waals surface area contributed by atoms with Crippen LogP contribution >= 0.6 is 11.3 Å². The normalized spacial score (nSPS) is 15.7. The summed E-state index contributed by atoms with van der Waals surface area (Å²) in [7, 11) is 0. The highest BCUT2D eigenvalue weighted by atomic mass is 32.1. The van der Waals surface area contributed by atoms with Gasteiger partial charge in [-0.1, -0.05) is 66.7 Å². The number of benzene rings is 3. The highest BCUT2D eigenvalue weighted by Crippen LogP contribution is 2.50. The van der Waals surface area contributed by atoms with E-state index in [-0.39, 0.29) is 6.04 Å². The van der Waals surface area contributed by atoms with Gasteiger partial charge < -0.3 is 5.32 Å². The molecule has 110 valence electrons. The first-order valence-electron chi connectivity index (χ1n) is 7.84. The molecule has 0 saturated carbocycles. The van der Waals surface area contributed by atoms with Crippen molar-refractivity contribution in [3.05, 3.63) is 90.0 Å². The van der Waals surface area contributed by atoms with Gasteiger partial charge in [0, 0.05) is 26.4 Å². The Balaban J connectivity index is 1.85. The van der Waals surface area contributed by atoms with Crippen LogP contribution in [0.2, 0.25) is 0 Å². The van der Waals surface area contributed by atoms with Crippen molar-refractivity contribution in [2.45, 2.75) is 6.04 Å². The van der Waals surface area contributed by atoms with Gasteiger partial charge in [-0.25, -0.2) is 0 Å². The quantitative estimate of drug-likeness (QED) is 0.449. The first kappa shape index (κ1) is 12.9. The number of para-hydroxylation sites is 1. The van der Waals surface area contributed by atoms with E-state index in [4.69, 9.17) is 0 Å². The zero-order chi connectivity index (χ0) is 15.2. The average Bonchev–Trinajstić information content (AvgIpc) is 3.02. The lowest BCUT2D eigenvalue weighted by Gasteiger charge is -2.28. The van der Waals surface area contributed by atoms with Crippen molar-refractivity contribution in [2.75, 3.05) is 5.32 Å². The molecule has 1 atom stereocenters. The maximum Gasteiger partial charge on any atom is 0.0788 e. The van der Waals surface area contributed by atoms with Gasteiger partial charge in [-0.15, -0.1) is 11.3 Å². The number of nitrogens with one attached hydrogen (secondary N) is 1. The molecular weight excluding hydrogens is 298 g/mol. The smallest absolute Gasteiger partial charge is 0.0788 e. The summed E-state index contributed by atoms with van der Waals surface area (Å²) in [5.74, 6) is 0. The van der Waals surface area contributed by atoms with Crippen LogP contribution in [0.1, 0.15) is 17.2 Å². The molecule has 0 bridgehead atoms. The lowest BCUT2D eigenvalue weighted by Crippen LogP contribution is -2.16. The van der Waals surface area contributed by atoms with E-state index in [1.165, 1.54) is 37.3 Å². The summed E-state index contributed by atoms with van der Waals surface area (Å²) in [5.41, 5.74) is 5.26. The van der Waals surface area contributed by atoms with Crippen molar-refractivity contribution in [2.24, 2.45) is 0 Å². The Morgan fingerprint density at radius 1 is 0.739 bits per heavy atom. The van der Waals surface area contributed by atoms with Crippen LogP contribution in [0.4, 0.5) is 5.69 Å². The van der Waals surface area contributed by atoms with Crippen LogP contribution in [-0.2, 0) is 0 Å². The predicted octanol–water partition coefficient (Wildman–Crippen LogP) is 6.08. The van der Waals surface area contributed by atoms with E-state index in [1.807, 2.05) is 11.3 Å². The first-order chi connectivity index (χ1) is 11.4. The Labute approximate surface area is 139 Å². The van der Waals surface area contributed by atoms with Gasteiger partial charge in [0.25, 0.3) is 0 Å². The number of hydrogen-bond donors (Lipinski definition) is 1. The molecule has 0 saturated heterocycles. The van der Waals surface area contributed by atoms with Crippen molar-refractivity contribution in [1.29, 1.82) is 0 Å². The topological polar surface area (TPSA) is 12.0 Å². The standard InChI is InChI=1S/C21H15NS/c1-2-8-14(9-3-1)20-19-16-11-5-7-13-18(16)23-21(19)15-10-4-6-12-17(15)22-20/h1-13,20,22H. The number of anilines is 1. The molecule has 0 spiro atoms. The minimum Gasteiger partial charge on any atom is -0.374 e. The maximum atomic E-state index is 3.75. The van der Waals surface area contributed by atoms with Crippen LogP contribution < -0.4 is 5.32 Å². The van der Waals surface area contributed by atoms with Gasteiger partial charge in [0.1, 0.15) is 0 Å². The van der Waals surface area contributed by atoms with Crippen LogP contribution in [0.3, 0.4) is 0 Å². The monoisotopic (exact) mass is 313 g/mol. The molecule has 1 aromatic heterocycles. The Morgan fingerprint density at radius 2 is 1.48 bits per heavy atom. The predicted molar refractivity (Wildman–Crippen MR) is 99.2 cm³/mol. The molecule has 0 amide bonds. The largest absolute Gasteiger partial charge is 0.374 e. The number of rotatable bonds is 1. The molecular formula is C21H15NS. The summed E-state index contributed by atoms with van der Waals surface area (Å²) in [6.45, 7) is 0. The molecule has 4 aromatic rings. The Kier molecular flexibility index (Phi) is 2.79. The second-order valence-electron chi connectivity index (χ2n) is 5.87. The van der Waals surface area contributed by atoms with Gasteiger partial charge in [-0.3, -0.25) is 0 Å². The molecule has 1 aliphatic heterocycles. The molecule has 1 nitrogen and oxygen atoms in total. The van der Waals surface area contributed by atoms with Crippen molar-refractivity contribution in [3.8, 4) is 10.4 Å². The third kappa shape index (κ3) is 1.92. The second-order valence-corrected chi connectivity index (χ2v) is 6.93. The van der Waals surface area contributed by atoms with E-state index in [0.717, 1.165) is 0 Å². The van der Waals surface area contributed by atoms with Crippen molar-refractivity contribution in [3.63, 3.8) is 0 Å². The zero-order valence-corrected chi connectivity index (χ0v) is 13.3. The molecule has 5 rings (SSSR count). The summed E-state index contributed by atoms with van der Waals surface area (Å²) < 4.78 is 1.36. The van der Waals surface area contributed by atoms with Gasteiger partial charge in [-0.2, -0.15) is 0 Å². The summed E-state index contributed by atoms with van der Waals surface area (Å²) >= 11 is 1.90. The lowest BCUT2D eigenvalue weighted by atomic mass is 9.90. The summed E-state index contributed by atoms with van der Waals surface area (Å²) in [4.78, 5) is 1.40. The Bertz CT molecular complexity index is 1000. The number of hydrogen-bond acceptors (Lipinski definition) is 2. The minimum absolute atomic E-state index is 0.206. The molecule has 23 heavy (non-hydrogen) atoms. The van der Waals surface area contributed by atoms with Gasteiger partial charge in [0.2, 0.25) is 0 Å². The third-order valence-corrected chi connectivity index (χ3v) is 5.75. The highest BCUT2D eigenvalue weighted by Gasteiger charge is 2.28. The SMILES string of the molecule is c1ccc(C2Nc3ccccc3-c3sc4ccccc4c32)cc1. The van der Waals surface area contributed by atoms with Crippen LogP contribution in [0.25, 0.3) is 20.5 Å². The lowest BCUT2D eigenvalue weighted by molar-refractivity contribution is 0.946. The molecule has 0 radical (unpaired) electrons. The van der Waals surface area contributed by atoms with Crippen LogP contribution in [-0.4, -0.2) is 0 Å². The fraction of sp³-hybridized carbons (Fsp3) is 0.0476. The first-order valence-corrected chi connectivity index (χ1v) is 8.66. The fourth-order valence-electron chi connectivity index (χ4n) is 3.48. The van der Waals surface area contributed by atoms with E-state index in [1.54, 1.807) is 0 Å². The van der Waals surface area contributed by atoms with E-state index in [0.29, 0.717) is 0 Å². The van der Waals surface area contributed by atoms with E-state index >= 15 is 0 Å². The molecule has 1 unspecified atom stereocenters. The van der Waals surface area contributed by atoms with Crippen molar-refractivity contribution in [1.82, 2.24) is 0 Å². The molecule has 2 heterocycles. The van der Waals surface area contributed by atoms with Crippen LogP contribution in [0.5, 0.6) is 0 Å². The molecule has 1 N–H and O–H groups in total. The average molecular weight is 313 g/mol. The van der Waals surface area contributed by atoms with Crippen LogP contribution in [0.15, 0.2) is 78.9 Å². The fourth-order valence-corrected chi connectivity index (χ4v) is 4.76.